The first-order valence-corrected chi connectivity index (χ1v) is 6.55. The molecule has 0 fully saturated rings. The molecule has 0 amide bonds. The van der Waals surface area contributed by atoms with Gasteiger partial charge in [0, 0.05) is 24.2 Å². The number of hydrogen-bond donors (Lipinski definition) is 1. The molecular formula is C15H23NO. The predicted octanol–water partition coefficient (Wildman–Crippen LogP) is 3.08. The summed E-state index contributed by atoms with van der Waals surface area (Å²) >= 11 is 0. The molecule has 2 nitrogen and oxygen atoms in total. The maximum Gasteiger partial charge on any atom is 0.0518 e. The van der Waals surface area contributed by atoms with Gasteiger partial charge < -0.3 is 10.0 Å². The zero-order chi connectivity index (χ0) is 12.6. The molecule has 2 heteroatoms. The minimum Gasteiger partial charge on any atom is -0.393 e. The summed E-state index contributed by atoms with van der Waals surface area (Å²) in [6, 6.07) is 7.05. The largest absolute Gasteiger partial charge is 0.393 e. The Balaban J connectivity index is 2.38. The number of benzene rings is 1. The fourth-order valence-electron chi connectivity index (χ4n) is 2.97. The Morgan fingerprint density at radius 2 is 2.06 bits per heavy atom. The number of fused-ring (bicyclic) bond motifs is 1. The average molecular weight is 233 g/mol. The van der Waals surface area contributed by atoms with E-state index in [-0.39, 0.29) is 6.10 Å². The van der Waals surface area contributed by atoms with Crippen LogP contribution in [0.2, 0.25) is 0 Å². The molecule has 1 aromatic rings. The molecule has 1 N–H and O–H groups in total. The zero-order valence-corrected chi connectivity index (χ0v) is 11.3. The average Bonchev–Trinajstić information content (AvgIpc) is 2.57. The molecule has 94 valence electrons. The molecule has 1 aliphatic heterocycles. The lowest BCUT2D eigenvalue weighted by atomic mass is 9.92. The molecule has 1 aromatic carbocycles. The molecule has 0 radical (unpaired) electrons. The van der Waals surface area contributed by atoms with E-state index in [1.165, 1.54) is 16.8 Å². The first-order valence-electron chi connectivity index (χ1n) is 6.55. The van der Waals surface area contributed by atoms with Crippen LogP contribution in [0.5, 0.6) is 0 Å². The van der Waals surface area contributed by atoms with Crippen molar-refractivity contribution in [3.8, 4) is 0 Å². The minimum absolute atomic E-state index is 0.223. The second-order valence-corrected chi connectivity index (χ2v) is 5.54. The normalized spacial score (nSPS) is 20.8. The second-order valence-electron chi connectivity index (χ2n) is 5.54. The van der Waals surface area contributed by atoms with Crippen LogP contribution in [-0.4, -0.2) is 23.8 Å². The molecule has 0 bridgehead atoms. The molecular weight excluding hydrogens is 210 g/mol. The molecule has 0 saturated carbocycles. The van der Waals surface area contributed by atoms with Crippen LogP contribution in [0.4, 0.5) is 5.69 Å². The van der Waals surface area contributed by atoms with Crippen LogP contribution in [0.25, 0.3) is 0 Å². The lowest BCUT2D eigenvalue weighted by Crippen LogP contribution is -2.29. The topological polar surface area (TPSA) is 23.5 Å². The lowest BCUT2D eigenvalue weighted by Gasteiger charge is -2.24. The van der Waals surface area contributed by atoms with Crippen molar-refractivity contribution in [3.63, 3.8) is 0 Å². The van der Waals surface area contributed by atoms with Gasteiger partial charge >= 0.3 is 0 Å². The first-order chi connectivity index (χ1) is 8.00. The summed E-state index contributed by atoms with van der Waals surface area (Å²) in [7, 11) is 0. The highest BCUT2D eigenvalue weighted by molar-refractivity contribution is 5.63. The van der Waals surface area contributed by atoms with Crippen LogP contribution >= 0.6 is 0 Å². The van der Waals surface area contributed by atoms with Crippen molar-refractivity contribution in [1.82, 2.24) is 0 Å². The van der Waals surface area contributed by atoms with Gasteiger partial charge in [0.15, 0.2) is 0 Å². The molecule has 0 saturated heterocycles. The van der Waals surface area contributed by atoms with Crippen LogP contribution < -0.4 is 4.90 Å². The van der Waals surface area contributed by atoms with Crippen molar-refractivity contribution in [2.45, 2.75) is 52.2 Å². The highest BCUT2D eigenvalue weighted by Gasteiger charge is 2.31. The van der Waals surface area contributed by atoms with E-state index in [0.717, 1.165) is 13.0 Å². The van der Waals surface area contributed by atoms with E-state index in [1.54, 1.807) is 0 Å². The number of hydrogen-bond acceptors (Lipinski definition) is 2. The summed E-state index contributed by atoms with van der Waals surface area (Å²) < 4.78 is 0. The monoisotopic (exact) mass is 233 g/mol. The predicted molar refractivity (Wildman–Crippen MR) is 72.7 cm³/mol. The van der Waals surface area contributed by atoms with Gasteiger partial charge in [-0.05, 0) is 51.3 Å². The van der Waals surface area contributed by atoms with Crippen LogP contribution in [0.3, 0.4) is 0 Å². The second kappa shape index (κ2) is 4.69. The summed E-state index contributed by atoms with van der Waals surface area (Å²) in [5.74, 6) is 0.480. The summed E-state index contributed by atoms with van der Waals surface area (Å²) in [6.45, 7) is 9.57. The SMILES string of the molecule is Cc1cccc2c1C(CC(C)O)CN2C(C)C. The fraction of sp³-hybridized carbons (Fsp3) is 0.600. The number of aryl methyl sites for hydroxylation is 1. The van der Waals surface area contributed by atoms with Gasteiger partial charge in [0.05, 0.1) is 6.10 Å². The summed E-state index contributed by atoms with van der Waals surface area (Å²) in [6.07, 6.45) is 0.640. The van der Waals surface area contributed by atoms with Gasteiger partial charge in [-0.15, -0.1) is 0 Å². The van der Waals surface area contributed by atoms with E-state index in [4.69, 9.17) is 0 Å². The number of rotatable bonds is 3. The number of anilines is 1. The van der Waals surface area contributed by atoms with Crippen molar-refractivity contribution in [2.24, 2.45) is 0 Å². The van der Waals surface area contributed by atoms with Crippen molar-refractivity contribution in [2.75, 3.05) is 11.4 Å². The number of aliphatic hydroxyl groups is 1. The minimum atomic E-state index is -0.223. The third-order valence-electron chi connectivity index (χ3n) is 3.68. The maximum atomic E-state index is 9.64. The standard InChI is InChI=1S/C15H23NO/c1-10(2)16-9-13(8-12(4)17)15-11(3)6-5-7-14(15)16/h5-7,10,12-13,17H,8-9H2,1-4H3. The Morgan fingerprint density at radius 1 is 1.35 bits per heavy atom. The highest BCUT2D eigenvalue weighted by Crippen LogP contribution is 2.41. The smallest absolute Gasteiger partial charge is 0.0518 e. The first kappa shape index (κ1) is 12.4. The zero-order valence-electron chi connectivity index (χ0n) is 11.3. The van der Waals surface area contributed by atoms with Gasteiger partial charge in [-0.2, -0.15) is 0 Å². The van der Waals surface area contributed by atoms with E-state index in [1.807, 2.05) is 6.92 Å². The van der Waals surface area contributed by atoms with Crippen LogP contribution in [-0.2, 0) is 0 Å². The van der Waals surface area contributed by atoms with Gasteiger partial charge in [-0.25, -0.2) is 0 Å². The Morgan fingerprint density at radius 3 is 2.65 bits per heavy atom. The summed E-state index contributed by atoms with van der Waals surface area (Å²) in [5.41, 5.74) is 4.17. The Kier molecular flexibility index (Phi) is 3.43. The van der Waals surface area contributed by atoms with Crippen molar-refractivity contribution < 1.29 is 5.11 Å². The Bertz CT molecular complexity index is 398. The van der Waals surface area contributed by atoms with E-state index in [9.17, 15) is 5.11 Å². The lowest BCUT2D eigenvalue weighted by molar-refractivity contribution is 0.176. The van der Waals surface area contributed by atoms with Crippen LogP contribution in [0, 0.1) is 6.92 Å². The van der Waals surface area contributed by atoms with Gasteiger partial charge in [-0.1, -0.05) is 12.1 Å². The van der Waals surface area contributed by atoms with E-state index in [0.29, 0.717) is 12.0 Å². The number of aliphatic hydroxyl groups excluding tert-OH is 1. The molecule has 2 unspecified atom stereocenters. The molecule has 1 aliphatic rings. The molecule has 0 spiro atoms. The summed E-state index contributed by atoms with van der Waals surface area (Å²) in [4.78, 5) is 2.45. The third-order valence-corrected chi connectivity index (χ3v) is 3.68. The van der Waals surface area contributed by atoms with Crippen molar-refractivity contribution in [1.29, 1.82) is 0 Å². The van der Waals surface area contributed by atoms with Gasteiger partial charge in [0.2, 0.25) is 0 Å². The van der Waals surface area contributed by atoms with Crippen molar-refractivity contribution >= 4 is 5.69 Å². The van der Waals surface area contributed by atoms with Crippen molar-refractivity contribution in [3.05, 3.63) is 29.3 Å². The quantitative estimate of drug-likeness (QED) is 0.867. The molecule has 0 aromatic heterocycles. The Hall–Kier alpha value is -1.02. The van der Waals surface area contributed by atoms with Gasteiger partial charge in [0.25, 0.3) is 0 Å². The molecule has 17 heavy (non-hydrogen) atoms. The maximum absolute atomic E-state index is 9.64. The van der Waals surface area contributed by atoms with Gasteiger partial charge in [0.1, 0.15) is 0 Å². The highest BCUT2D eigenvalue weighted by atomic mass is 16.3. The molecule has 0 aliphatic carbocycles. The Labute approximate surface area is 104 Å². The molecule has 2 atom stereocenters. The van der Waals surface area contributed by atoms with E-state index < -0.39 is 0 Å². The molecule has 2 rings (SSSR count). The van der Waals surface area contributed by atoms with E-state index >= 15 is 0 Å². The summed E-state index contributed by atoms with van der Waals surface area (Å²) in [5, 5.41) is 9.64. The number of nitrogens with zero attached hydrogens (tertiary/aromatic N) is 1. The fourth-order valence-corrected chi connectivity index (χ4v) is 2.97. The van der Waals surface area contributed by atoms with Gasteiger partial charge in [-0.3, -0.25) is 0 Å². The van der Waals surface area contributed by atoms with E-state index in [2.05, 4.69) is 43.9 Å². The third kappa shape index (κ3) is 2.32. The van der Waals surface area contributed by atoms with Crippen LogP contribution in [0.1, 0.15) is 44.2 Å². The van der Waals surface area contributed by atoms with Crippen LogP contribution in [0.15, 0.2) is 18.2 Å². The molecule has 1 heterocycles.